The van der Waals surface area contributed by atoms with Crippen molar-refractivity contribution < 1.29 is 8.42 Å². The zero-order chi connectivity index (χ0) is 8.91. The molecular formula is C5H11N3O2S. The van der Waals surface area contributed by atoms with E-state index >= 15 is 0 Å². The van der Waals surface area contributed by atoms with E-state index in [4.69, 9.17) is 5.26 Å². The lowest BCUT2D eigenvalue weighted by molar-refractivity contribution is 0.455. The minimum absolute atomic E-state index is 0.111. The molecule has 0 radical (unpaired) electrons. The Kier molecular flexibility index (Phi) is 4.03. The summed E-state index contributed by atoms with van der Waals surface area (Å²) in [6.45, 7) is 1.86. The smallest absolute Gasteiger partial charge is 0.205 e. The molecule has 0 aliphatic heterocycles. The summed E-state index contributed by atoms with van der Waals surface area (Å²) in [7, 11) is -2.10. The van der Waals surface area contributed by atoms with Crippen molar-refractivity contribution in [2.75, 3.05) is 20.1 Å². The van der Waals surface area contributed by atoms with Crippen LogP contribution >= 0.6 is 0 Å². The van der Waals surface area contributed by atoms with Gasteiger partial charge < -0.3 is 0 Å². The normalized spacial score (nSPS) is 11.5. The SMILES string of the molecule is CCN(CC#N)S(=O)(=O)NC. The lowest BCUT2D eigenvalue weighted by Gasteiger charge is -2.15. The van der Waals surface area contributed by atoms with Gasteiger partial charge in [0.15, 0.2) is 0 Å². The van der Waals surface area contributed by atoms with Crippen molar-refractivity contribution in [1.82, 2.24) is 9.03 Å². The van der Waals surface area contributed by atoms with Crippen LogP contribution in [0.2, 0.25) is 0 Å². The summed E-state index contributed by atoms with van der Waals surface area (Å²) in [5, 5.41) is 8.24. The van der Waals surface area contributed by atoms with Crippen molar-refractivity contribution >= 4 is 10.2 Å². The van der Waals surface area contributed by atoms with E-state index in [1.54, 1.807) is 13.0 Å². The summed E-state index contributed by atoms with van der Waals surface area (Å²) in [6.07, 6.45) is 0. The Morgan fingerprint density at radius 1 is 1.64 bits per heavy atom. The summed E-state index contributed by atoms with van der Waals surface area (Å²) in [5.41, 5.74) is 0. The van der Waals surface area contributed by atoms with Gasteiger partial charge in [-0.2, -0.15) is 18.0 Å². The molecule has 0 aromatic carbocycles. The van der Waals surface area contributed by atoms with Crippen LogP contribution < -0.4 is 4.72 Å². The van der Waals surface area contributed by atoms with E-state index in [0.717, 1.165) is 4.31 Å². The topological polar surface area (TPSA) is 73.2 Å². The fourth-order valence-electron chi connectivity index (χ4n) is 0.575. The van der Waals surface area contributed by atoms with Gasteiger partial charge in [-0.15, -0.1) is 0 Å². The predicted molar refractivity (Wildman–Crippen MR) is 40.8 cm³/mol. The quantitative estimate of drug-likeness (QED) is 0.577. The molecule has 0 bridgehead atoms. The van der Waals surface area contributed by atoms with Crippen LogP contribution in [0.15, 0.2) is 0 Å². The second-order valence-electron chi connectivity index (χ2n) is 1.79. The Morgan fingerprint density at radius 3 is 2.45 bits per heavy atom. The fourth-order valence-corrected chi connectivity index (χ4v) is 1.40. The average Bonchev–Trinajstić information content (AvgIpc) is 2.00. The average molecular weight is 177 g/mol. The second-order valence-corrected chi connectivity index (χ2v) is 3.67. The molecule has 0 spiro atoms. The lowest BCUT2D eigenvalue weighted by Crippen LogP contribution is -2.38. The molecule has 0 aliphatic rings. The third-order valence-corrected chi connectivity index (χ3v) is 2.78. The number of nitriles is 1. The zero-order valence-electron chi connectivity index (χ0n) is 6.53. The highest BCUT2D eigenvalue weighted by atomic mass is 32.2. The van der Waals surface area contributed by atoms with E-state index < -0.39 is 10.2 Å². The summed E-state index contributed by atoms with van der Waals surface area (Å²) >= 11 is 0. The first-order valence-corrected chi connectivity index (χ1v) is 4.58. The van der Waals surface area contributed by atoms with Crippen molar-refractivity contribution in [2.45, 2.75) is 6.92 Å². The molecule has 0 saturated heterocycles. The van der Waals surface area contributed by atoms with Crippen LogP contribution in [0.25, 0.3) is 0 Å². The van der Waals surface area contributed by atoms with E-state index in [1.807, 2.05) is 0 Å². The maximum atomic E-state index is 11.0. The number of nitrogens with one attached hydrogen (secondary N) is 1. The molecular weight excluding hydrogens is 166 g/mol. The monoisotopic (exact) mass is 177 g/mol. The van der Waals surface area contributed by atoms with Crippen molar-refractivity contribution in [1.29, 1.82) is 5.26 Å². The van der Waals surface area contributed by atoms with Gasteiger partial charge in [-0.3, -0.25) is 0 Å². The Morgan fingerprint density at radius 2 is 2.18 bits per heavy atom. The third kappa shape index (κ3) is 2.84. The predicted octanol–water partition coefficient (Wildman–Crippen LogP) is -0.704. The van der Waals surface area contributed by atoms with Crippen LogP contribution in [-0.2, 0) is 10.2 Å². The van der Waals surface area contributed by atoms with Crippen molar-refractivity contribution in [2.24, 2.45) is 0 Å². The first-order chi connectivity index (χ1) is 5.08. The highest BCUT2D eigenvalue weighted by molar-refractivity contribution is 7.87. The van der Waals surface area contributed by atoms with Gasteiger partial charge >= 0.3 is 0 Å². The Labute approximate surface area is 66.8 Å². The summed E-state index contributed by atoms with van der Waals surface area (Å²) in [5.74, 6) is 0. The number of hydrogen-bond donors (Lipinski definition) is 1. The summed E-state index contributed by atoms with van der Waals surface area (Å²) < 4.78 is 25.1. The van der Waals surface area contributed by atoms with Crippen LogP contribution in [0, 0.1) is 11.3 Å². The first kappa shape index (κ1) is 10.4. The van der Waals surface area contributed by atoms with Crippen LogP contribution in [0.5, 0.6) is 0 Å². The van der Waals surface area contributed by atoms with Gasteiger partial charge in [0.25, 0.3) is 10.2 Å². The van der Waals surface area contributed by atoms with Crippen LogP contribution in [0.3, 0.4) is 0 Å². The fraction of sp³-hybridized carbons (Fsp3) is 0.800. The van der Waals surface area contributed by atoms with E-state index in [2.05, 4.69) is 4.72 Å². The van der Waals surface area contributed by atoms with E-state index in [0.29, 0.717) is 6.54 Å². The molecule has 0 rings (SSSR count). The van der Waals surface area contributed by atoms with Gasteiger partial charge in [-0.05, 0) is 0 Å². The van der Waals surface area contributed by atoms with Crippen LogP contribution in [0.1, 0.15) is 6.92 Å². The molecule has 5 nitrogen and oxygen atoms in total. The minimum atomic E-state index is -3.41. The van der Waals surface area contributed by atoms with Gasteiger partial charge in [0, 0.05) is 13.6 Å². The van der Waals surface area contributed by atoms with Gasteiger partial charge in [0.05, 0.1) is 6.07 Å². The molecule has 0 saturated carbocycles. The van der Waals surface area contributed by atoms with Crippen molar-refractivity contribution in [3.8, 4) is 6.07 Å². The maximum Gasteiger partial charge on any atom is 0.280 e. The molecule has 64 valence electrons. The number of nitrogens with zero attached hydrogens (tertiary/aromatic N) is 2. The molecule has 0 fully saturated rings. The lowest BCUT2D eigenvalue weighted by atomic mass is 10.6. The van der Waals surface area contributed by atoms with Crippen LogP contribution in [-0.4, -0.2) is 32.9 Å². The molecule has 0 heterocycles. The molecule has 0 aromatic heterocycles. The number of hydrogen-bond acceptors (Lipinski definition) is 3. The minimum Gasteiger partial charge on any atom is -0.205 e. The molecule has 0 aromatic rings. The molecule has 11 heavy (non-hydrogen) atoms. The van der Waals surface area contributed by atoms with Crippen molar-refractivity contribution in [3.63, 3.8) is 0 Å². The highest BCUT2D eigenvalue weighted by Crippen LogP contribution is 1.93. The van der Waals surface area contributed by atoms with E-state index in [9.17, 15) is 8.42 Å². The van der Waals surface area contributed by atoms with Crippen LogP contribution in [0.4, 0.5) is 0 Å². The third-order valence-electron chi connectivity index (χ3n) is 1.20. The molecule has 0 unspecified atom stereocenters. The molecule has 0 amide bonds. The van der Waals surface area contributed by atoms with Gasteiger partial charge in [-0.25, -0.2) is 4.72 Å². The first-order valence-electron chi connectivity index (χ1n) is 3.14. The van der Waals surface area contributed by atoms with E-state index in [-0.39, 0.29) is 6.54 Å². The Bertz CT molecular complexity index is 241. The Hall–Kier alpha value is -0.640. The number of rotatable bonds is 4. The Balaban J connectivity index is 4.40. The highest BCUT2D eigenvalue weighted by Gasteiger charge is 2.16. The molecule has 1 N–H and O–H groups in total. The standard InChI is InChI=1S/C5H11N3O2S/c1-3-8(5-4-6)11(9,10)7-2/h7H,3,5H2,1-2H3. The largest absolute Gasteiger partial charge is 0.280 e. The van der Waals surface area contributed by atoms with E-state index in [1.165, 1.54) is 7.05 Å². The molecule has 6 heteroatoms. The second kappa shape index (κ2) is 4.28. The van der Waals surface area contributed by atoms with Gasteiger partial charge in [-0.1, -0.05) is 6.92 Å². The summed E-state index contributed by atoms with van der Waals surface area (Å²) in [6, 6.07) is 1.77. The summed E-state index contributed by atoms with van der Waals surface area (Å²) in [4.78, 5) is 0. The van der Waals surface area contributed by atoms with Gasteiger partial charge in [0.1, 0.15) is 6.54 Å². The maximum absolute atomic E-state index is 11.0. The zero-order valence-corrected chi connectivity index (χ0v) is 7.35. The molecule has 0 aliphatic carbocycles. The van der Waals surface area contributed by atoms with Crippen molar-refractivity contribution in [3.05, 3.63) is 0 Å². The van der Waals surface area contributed by atoms with Gasteiger partial charge in [0.2, 0.25) is 0 Å². The molecule has 0 atom stereocenters.